The second-order valence-corrected chi connectivity index (χ2v) is 5.21. The Morgan fingerprint density at radius 3 is 2.50 bits per heavy atom. The van der Waals surface area contributed by atoms with Crippen molar-refractivity contribution in [2.24, 2.45) is 11.7 Å². The van der Waals surface area contributed by atoms with Gasteiger partial charge < -0.3 is 10.6 Å². The van der Waals surface area contributed by atoms with E-state index in [2.05, 4.69) is 0 Å². The Labute approximate surface area is 125 Å². The van der Waals surface area contributed by atoms with Crippen molar-refractivity contribution in [2.75, 3.05) is 11.4 Å². The highest BCUT2D eigenvalue weighted by Gasteiger charge is 2.35. The van der Waals surface area contributed by atoms with Crippen LogP contribution in [0, 0.1) is 16.0 Å². The summed E-state index contributed by atoms with van der Waals surface area (Å²) in [7, 11) is 0. The van der Waals surface area contributed by atoms with Crippen molar-refractivity contribution in [2.45, 2.75) is 6.42 Å². The number of nitrogens with two attached hydrogens (primary N) is 1. The zero-order valence-electron chi connectivity index (χ0n) is 11.6. The Morgan fingerprint density at radius 1 is 1.23 bits per heavy atom. The molecule has 22 heavy (non-hydrogen) atoms. The lowest BCUT2D eigenvalue weighted by Crippen LogP contribution is -2.28. The van der Waals surface area contributed by atoms with Crippen LogP contribution in [-0.2, 0) is 9.59 Å². The molecule has 2 amide bonds. The van der Waals surface area contributed by atoms with Crippen LogP contribution < -0.4 is 10.6 Å². The van der Waals surface area contributed by atoms with Gasteiger partial charge in [-0.1, -0.05) is 18.2 Å². The monoisotopic (exact) mass is 299 g/mol. The van der Waals surface area contributed by atoms with Gasteiger partial charge in [0.15, 0.2) is 0 Å². The summed E-state index contributed by atoms with van der Waals surface area (Å²) in [6.07, 6.45) is 0.0701. The molecule has 1 unspecified atom stereocenters. The van der Waals surface area contributed by atoms with Crippen LogP contribution in [0.3, 0.4) is 0 Å². The zero-order chi connectivity index (χ0) is 15.9. The van der Waals surface area contributed by atoms with Gasteiger partial charge in [0.1, 0.15) is 0 Å². The molecule has 1 aliphatic heterocycles. The number of nitrogens with zero attached hydrogens (tertiary/aromatic N) is 2. The number of hydrogen-bond acceptors (Lipinski definition) is 4. The Hall–Kier alpha value is -2.96. The lowest BCUT2D eigenvalue weighted by molar-refractivity contribution is -0.383. The highest BCUT2D eigenvalue weighted by molar-refractivity contribution is 6.08. The van der Waals surface area contributed by atoms with Crippen LogP contribution in [0.25, 0.3) is 10.8 Å². The molecule has 1 saturated heterocycles. The Bertz CT molecular complexity index is 802. The van der Waals surface area contributed by atoms with Crippen LogP contribution in [0.5, 0.6) is 0 Å². The number of anilines is 1. The second kappa shape index (κ2) is 5.10. The minimum Gasteiger partial charge on any atom is -0.369 e. The molecule has 0 radical (unpaired) electrons. The third-order valence-electron chi connectivity index (χ3n) is 3.89. The summed E-state index contributed by atoms with van der Waals surface area (Å²) >= 11 is 0. The van der Waals surface area contributed by atoms with Gasteiger partial charge in [-0.05, 0) is 12.1 Å². The lowest BCUT2D eigenvalue weighted by atomic mass is 10.1. The molecule has 1 aliphatic rings. The van der Waals surface area contributed by atoms with E-state index in [4.69, 9.17) is 5.73 Å². The number of rotatable bonds is 3. The Balaban J connectivity index is 2.13. The molecular formula is C15H13N3O4. The quantitative estimate of drug-likeness (QED) is 0.686. The minimum absolute atomic E-state index is 0.0163. The number of nitro groups is 1. The van der Waals surface area contributed by atoms with E-state index in [1.54, 1.807) is 30.3 Å². The van der Waals surface area contributed by atoms with E-state index in [1.165, 1.54) is 11.0 Å². The molecule has 0 spiro atoms. The average Bonchev–Trinajstić information content (AvgIpc) is 2.88. The Morgan fingerprint density at radius 2 is 1.91 bits per heavy atom. The summed E-state index contributed by atoms with van der Waals surface area (Å²) in [6.45, 7) is 0.204. The number of nitro benzene ring substituents is 1. The summed E-state index contributed by atoms with van der Waals surface area (Å²) in [5, 5.41) is 12.2. The van der Waals surface area contributed by atoms with Gasteiger partial charge in [-0.2, -0.15) is 0 Å². The van der Waals surface area contributed by atoms with Crippen molar-refractivity contribution in [1.82, 2.24) is 0 Å². The van der Waals surface area contributed by atoms with Gasteiger partial charge in [0.2, 0.25) is 11.8 Å². The second-order valence-electron chi connectivity index (χ2n) is 5.21. The van der Waals surface area contributed by atoms with Crippen molar-refractivity contribution in [1.29, 1.82) is 0 Å². The summed E-state index contributed by atoms with van der Waals surface area (Å²) in [4.78, 5) is 35.6. The van der Waals surface area contributed by atoms with Crippen molar-refractivity contribution in [3.8, 4) is 0 Å². The molecule has 2 N–H and O–H groups in total. The van der Waals surface area contributed by atoms with Gasteiger partial charge >= 0.3 is 0 Å². The number of non-ortho nitro benzene ring substituents is 1. The van der Waals surface area contributed by atoms with Crippen LogP contribution in [-0.4, -0.2) is 23.3 Å². The molecule has 3 rings (SSSR count). The number of carbonyl (C=O) groups is 2. The highest BCUT2D eigenvalue weighted by Crippen LogP contribution is 2.36. The van der Waals surface area contributed by atoms with Gasteiger partial charge in [-0.15, -0.1) is 0 Å². The number of carbonyl (C=O) groups excluding carboxylic acids is 2. The summed E-state index contributed by atoms with van der Waals surface area (Å²) in [5.41, 5.74) is 5.82. The van der Waals surface area contributed by atoms with Crippen LogP contribution >= 0.6 is 0 Å². The fraction of sp³-hybridized carbons (Fsp3) is 0.200. The third kappa shape index (κ3) is 2.16. The van der Waals surface area contributed by atoms with Crippen LogP contribution in [0.1, 0.15) is 6.42 Å². The lowest BCUT2D eigenvalue weighted by Gasteiger charge is -2.18. The first-order valence-electron chi connectivity index (χ1n) is 6.75. The maximum absolute atomic E-state index is 12.1. The fourth-order valence-electron chi connectivity index (χ4n) is 2.79. The molecule has 0 aliphatic carbocycles. The van der Waals surface area contributed by atoms with Crippen LogP contribution in [0.2, 0.25) is 0 Å². The number of hydrogen-bond donors (Lipinski definition) is 1. The summed E-state index contributed by atoms with van der Waals surface area (Å²) in [6, 6.07) is 9.74. The molecule has 0 saturated carbocycles. The molecule has 0 aromatic heterocycles. The first-order valence-corrected chi connectivity index (χ1v) is 6.75. The maximum atomic E-state index is 12.1. The Kier molecular flexibility index (Phi) is 3.25. The predicted molar refractivity (Wildman–Crippen MR) is 80.3 cm³/mol. The van der Waals surface area contributed by atoms with Gasteiger partial charge in [0.25, 0.3) is 5.69 Å². The fourth-order valence-corrected chi connectivity index (χ4v) is 2.79. The van der Waals surface area contributed by atoms with Crippen molar-refractivity contribution in [3.05, 3.63) is 46.5 Å². The molecule has 0 bridgehead atoms. The van der Waals surface area contributed by atoms with Crippen molar-refractivity contribution >= 4 is 34.0 Å². The molecule has 2 aromatic carbocycles. The smallest absolute Gasteiger partial charge is 0.277 e. The molecule has 1 atom stereocenters. The van der Waals surface area contributed by atoms with E-state index in [0.717, 1.165) is 0 Å². The first kappa shape index (κ1) is 14.0. The zero-order valence-corrected chi connectivity index (χ0v) is 11.6. The summed E-state index contributed by atoms with van der Waals surface area (Å²) < 4.78 is 0. The van der Waals surface area contributed by atoms with Gasteiger partial charge in [-0.25, -0.2) is 0 Å². The number of amides is 2. The molecule has 7 heteroatoms. The molecule has 1 heterocycles. The third-order valence-corrected chi connectivity index (χ3v) is 3.89. The van der Waals surface area contributed by atoms with E-state index >= 15 is 0 Å². The predicted octanol–water partition coefficient (Wildman–Crippen LogP) is 1.59. The van der Waals surface area contributed by atoms with Crippen molar-refractivity contribution in [3.63, 3.8) is 0 Å². The van der Waals surface area contributed by atoms with Gasteiger partial charge in [-0.3, -0.25) is 19.7 Å². The van der Waals surface area contributed by atoms with Crippen molar-refractivity contribution < 1.29 is 14.5 Å². The molecular weight excluding hydrogens is 286 g/mol. The van der Waals surface area contributed by atoms with Crippen LogP contribution in [0.15, 0.2) is 36.4 Å². The first-order chi connectivity index (χ1) is 10.5. The average molecular weight is 299 g/mol. The van der Waals surface area contributed by atoms with E-state index in [1.807, 2.05) is 0 Å². The molecule has 7 nitrogen and oxygen atoms in total. The van der Waals surface area contributed by atoms with Crippen LogP contribution in [0.4, 0.5) is 11.4 Å². The number of benzene rings is 2. The number of fused-ring (bicyclic) bond motifs is 1. The largest absolute Gasteiger partial charge is 0.369 e. The van der Waals surface area contributed by atoms with E-state index < -0.39 is 16.7 Å². The SMILES string of the molecule is NC(=O)C1CC(=O)N(c2ccc([N+](=O)[O-])c3ccccc23)C1. The molecule has 112 valence electrons. The normalized spacial score (nSPS) is 17.9. The van der Waals surface area contributed by atoms with Gasteiger partial charge in [0, 0.05) is 24.4 Å². The topological polar surface area (TPSA) is 107 Å². The standard InChI is InChI=1S/C15H13N3O4/c16-15(20)9-7-14(19)17(8-9)12-5-6-13(18(21)22)11-4-2-1-3-10(11)12/h1-6,9H,7-8H2,(H2,16,20). The number of primary amides is 1. The maximum Gasteiger partial charge on any atom is 0.277 e. The summed E-state index contributed by atoms with van der Waals surface area (Å²) in [5.74, 6) is -1.24. The van der Waals surface area contributed by atoms with Gasteiger partial charge in [0.05, 0.1) is 21.9 Å². The molecule has 1 fully saturated rings. The molecule has 2 aromatic rings. The van der Waals surface area contributed by atoms with E-state index in [-0.39, 0.29) is 24.6 Å². The minimum atomic E-state index is -0.526. The van der Waals surface area contributed by atoms with E-state index in [0.29, 0.717) is 16.5 Å². The highest BCUT2D eigenvalue weighted by atomic mass is 16.6. The van der Waals surface area contributed by atoms with E-state index in [9.17, 15) is 19.7 Å².